The first-order valence-electron chi connectivity index (χ1n) is 19.7. The molecule has 1 aliphatic rings. The average molecular weight is 742 g/mol. The molecule has 1 nitrogen and oxygen atoms in total. The molecule has 0 N–H and O–H groups in total. The van der Waals surface area contributed by atoms with Crippen LogP contribution in [-0.4, -0.2) is 4.57 Å². The molecule has 2 heteroatoms. The summed E-state index contributed by atoms with van der Waals surface area (Å²) in [7, 11) is 0. The van der Waals surface area contributed by atoms with E-state index in [4.69, 9.17) is 0 Å². The van der Waals surface area contributed by atoms with E-state index in [0.29, 0.717) is 0 Å². The zero-order valence-electron chi connectivity index (χ0n) is 31.1. The summed E-state index contributed by atoms with van der Waals surface area (Å²) >= 11 is 1.92. The first-order valence-corrected chi connectivity index (χ1v) is 20.5. The second kappa shape index (κ2) is 12.5. The van der Waals surface area contributed by atoms with Crippen LogP contribution in [0.1, 0.15) is 22.3 Å². The highest BCUT2D eigenvalue weighted by molar-refractivity contribution is 7.26. The van der Waals surface area contributed by atoms with Crippen molar-refractivity contribution in [2.45, 2.75) is 5.41 Å². The van der Waals surface area contributed by atoms with Gasteiger partial charge >= 0.3 is 0 Å². The number of nitrogens with zero attached hydrogens (tertiary/aromatic N) is 1. The van der Waals surface area contributed by atoms with Gasteiger partial charge in [-0.25, -0.2) is 0 Å². The van der Waals surface area contributed by atoms with Crippen molar-refractivity contribution >= 4 is 53.3 Å². The van der Waals surface area contributed by atoms with Gasteiger partial charge in [0.15, 0.2) is 0 Å². The van der Waals surface area contributed by atoms with Crippen molar-refractivity contribution in [2.24, 2.45) is 0 Å². The Morgan fingerprint density at radius 3 is 1.51 bits per heavy atom. The smallest absolute Gasteiger partial charge is 0.0714 e. The van der Waals surface area contributed by atoms with E-state index < -0.39 is 5.41 Å². The monoisotopic (exact) mass is 741 g/mol. The summed E-state index contributed by atoms with van der Waals surface area (Å²) in [4.78, 5) is 0. The maximum atomic E-state index is 2.50. The predicted octanol–water partition coefficient (Wildman–Crippen LogP) is 14.8. The summed E-state index contributed by atoms with van der Waals surface area (Å²) in [5.41, 5.74) is 15.8. The molecular weight excluding hydrogens is 707 g/mol. The molecule has 2 heterocycles. The highest BCUT2D eigenvalue weighted by atomic mass is 32.1. The molecule has 0 unspecified atom stereocenters. The van der Waals surface area contributed by atoms with Crippen LogP contribution in [0.3, 0.4) is 0 Å². The predicted molar refractivity (Wildman–Crippen MR) is 242 cm³/mol. The summed E-state index contributed by atoms with van der Waals surface area (Å²) in [5.74, 6) is 0. The molecule has 11 aromatic rings. The summed E-state index contributed by atoms with van der Waals surface area (Å²) < 4.78 is 5.17. The standard InChI is InChI=1S/C55H35NS/c1-5-15-36(16-6-1)38-25-31-50-46(33-38)47-34-39(37-17-7-2-8-18-37)26-32-51(47)56(50)42-27-28-45-49(35-42)55(40-19-9-3-10-20-40,41-21-11-4-12-22-41)48-30-29-44-43-23-13-14-24-52(43)57-54(44)53(45)48/h1-35H. The van der Waals surface area contributed by atoms with Crippen LogP contribution in [0.25, 0.3) is 81.0 Å². The average Bonchev–Trinajstić information content (AvgIpc) is 3.93. The second-order valence-electron chi connectivity index (χ2n) is 15.2. The first-order chi connectivity index (χ1) is 28.3. The fourth-order valence-corrected chi connectivity index (χ4v) is 11.1. The number of thiophene rings is 1. The molecule has 0 saturated carbocycles. The van der Waals surface area contributed by atoms with E-state index in [0.717, 1.165) is 5.69 Å². The van der Waals surface area contributed by atoms with Gasteiger partial charge < -0.3 is 4.57 Å². The fourth-order valence-electron chi connectivity index (χ4n) is 9.80. The molecule has 0 saturated heterocycles. The quantitative estimate of drug-likeness (QED) is 0.166. The van der Waals surface area contributed by atoms with Crippen LogP contribution in [0, 0.1) is 0 Å². The van der Waals surface area contributed by atoms with Crippen molar-refractivity contribution in [1.82, 2.24) is 4.57 Å². The molecular formula is C55H35NS. The Bertz CT molecular complexity index is 3180. The summed E-state index contributed by atoms with van der Waals surface area (Å²) in [5, 5.41) is 5.15. The second-order valence-corrected chi connectivity index (χ2v) is 16.3. The summed E-state index contributed by atoms with van der Waals surface area (Å²) in [6, 6.07) is 78.7. The lowest BCUT2D eigenvalue weighted by Gasteiger charge is -2.34. The third-order valence-corrected chi connectivity index (χ3v) is 13.5. The van der Waals surface area contributed by atoms with Crippen LogP contribution in [0.4, 0.5) is 0 Å². The van der Waals surface area contributed by atoms with Crippen molar-refractivity contribution in [2.75, 3.05) is 0 Å². The van der Waals surface area contributed by atoms with Gasteiger partial charge in [-0.15, -0.1) is 11.3 Å². The van der Waals surface area contributed by atoms with Crippen LogP contribution < -0.4 is 0 Å². The van der Waals surface area contributed by atoms with Crippen molar-refractivity contribution in [3.8, 4) is 39.1 Å². The van der Waals surface area contributed by atoms with E-state index in [1.165, 1.54) is 97.6 Å². The fraction of sp³-hybridized carbons (Fsp3) is 0.0182. The first kappa shape index (κ1) is 32.3. The Labute approximate surface area is 335 Å². The molecule has 57 heavy (non-hydrogen) atoms. The van der Waals surface area contributed by atoms with Crippen LogP contribution in [0.5, 0.6) is 0 Å². The maximum absolute atomic E-state index is 2.50. The summed E-state index contributed by atoms with van der Waals surface area (Å²) in [6.07, 6.45) is 0. The minimum absolute atomic E-state index is 0.521. The van der Waals surface area contributed by atoms with Crippen LogP contribution in [0.15, 0.2) is 212 Å². The molecule has 0 aliphatic heterocycles. The van der Waals surface area contributed by atoms with E-state index in [9.17, 15) is 0 Å². The minimum Gasteiger partial charge on any atom is -0.309 e. The molecule has 0 fully saturated rings. The minimum atomic E-state index is -0.521. The van der Waals surface area contributed by atoms with Gasteiger partial charge in [-0.1, -0.05) is 170 Å². The normalized spacial score (nSPS) is 13.1. The largest absolute Gasteiger partial charge is 0.309 e. The molecule has 0 atom stereocenters. The lowest BCUT2D eigenvalue weighted by molar-refractivity contribution is 0.768. The Kier molecular flexibility index (Phi) is 7.08. The zero-order chi connectivity index (χ0) is 37.5. The third-order valence-electron chi connectivity index (χ3n) is 12.3. The highest BCUT2D eigenvalue weighted by Crippen LogP contribution is 2.59. The van der Waals surface area contributed by atoms with E-state index in [1.54, 1.807) is 0 Å². The Morgan fingerprint density at radius 1 is 0.368 bits per heavy atom. The summed E-state index contributed by atoms with van der Waals surface area (Å²) in [6.45, 7) is 0. The van der Waals surface area contributed by atoms with Crippen molar-refractivity contribution in [3.63, 3.8) is 0 Å². The molecule has 0 spiro atoms. The van der Waals surface area contributed by atoms with Crippen LogP contribution >= 0.6 is 11.3 Å². The van der Waals surface area contributed by atoms with E-state index in [2.05, 4.69) is 217 Å². The number of rotatable bonds is 5. The SMILES string of the molecule is c1ccc(-c2ccc3c(c2)c2cc(-c4ccccc4)ccc2n3-c2ccc3c(c2)C(c2ccccc2)(c2ccccc2)c2ccc4c(sc5ccccc54)c2-3)cc1. The van der Waals surface area contributed by atoms with Gasteiger partial charge in [0.1, 0.15) is 0 Å². The van der Waals surface area contributed by atoms with Gasteiger partial charge in [0.05, 0.1) is 16.4 Å². The van der Waals surface area contributed by atoms with Gasteiger partial charge in [0.2, 0.25) is 0 Å². The Hall–Kier alpha value is -7.00. The Morgan fingerprint density at radius 2 is 0.912 bits per heavy atom. The number of aromatic nitrogens is 1. The molecule has 266 valence electrons. The molecule has 1 aliphatic carbocycles. The number of benzene rings is 9. The number of fused-ring (bicyclic) bond motifs is 10. The maximum Gasteiger partial charge on any atom is 0.0714 e. The molecule has 0 radical (unpaired) electrons. The van der Waals surface area contributed by atoms with Crippen molar-refractivity contribution in [1.29, 1.82) is 0 Å². The van der Waals surface area contributed by atoms with Crippen molar-refractivity contribution in [3.05, 3.63) is 235 Å². The lowest BCUT2D eigenvalue weighted by Crippen LogP contribution is -2.28. The van der Waals surface area contributed by atoms with E-state index >= 15 is 0 Å². The van der Waals surface area contributed by atoms with Gasteiger partial charge in [-0.05, 0) is 92.5 Å². The molecule has 0 bridgehead atoms. The van der Waals surface area contributed by atoms with Gasteiger partial charge in [-0.3, -0.25) is 0 Å². The topological polar surface area (TPSA) is 4.93 Å². The van der Waals surface area contributed by atoms with Gasteiger partial charge in [0, 0.05) is 42.2 Å². The third kappa shape index (κ3) is 4.68. The van der Waals surface area contributed by atoms with E-state index in [1.807, 2.05) is 11.3 Å². The lowest BCUT2D eigenvalue weighted by atomic mass is 9.67. The van der Waals surface area contributed by atoms with Gasteiger partial charge in [0.25, 0.3) is 0 Å². The van der Waals surface area contributed by atoms with Crippen LogP contribution in [-0.2, 0) is 5.41 Å². The van der Waals surface area contributed by atoms with Crippen molar-refractivity contribution < 1.29 is 0 Å². The highest BCUT2D eigenvalue weighted by Gasteiger charge is 2.47. The van der Waals surface area contributed by atoms with Gasteiger partial charge in [-0.2, -0.15) is 0 Å². The van der Waals surface area contributed by atoms with E-state index in [-0.39, 0.29) is 0 Å². The molecule has 12 rings (SSSR count). The number of hydrogen-bond donors (Lipinski definition) is 0. The Balaban J connectivity index is 1.18. The zero-order valence-corrected chi connectivity index (χ0v) is 31.9. The molecule has 0 amide bonds. The van der Waals surface area contributed by atoms with Crippen LogP contribution in [0.2, 0.25) is 0 Å². The molecule has 2 aromatic heterocycles. The number of hydrogen-bond acceptors (Lipinski definition) is 1. The molecule has 9 aromatic carbocycles.